The van der Waals surface area contributed by atoms with Crippen molar-refractivity contribution in [2.24, 2.45) is 11.8 Å². The Bertz CT molecular complexity index is 708. The number of piperidine rings is 1. The van der Waals surface area contributed by atoms with Crippen molar-refractivity contribution in [1.82, 2.24) is 4.90 Å². The van der Waals surface area contributed by atoms with Crippen LogP contribution in [-0.2, 0) is 9.59 Å². The Morgan fingerprint density at radius 1 is 1.12 bits per heavy atom. The molecule has 2 aliphatic heterocycles. The first-order valence-electron chi connectivity index (χ1n) is 7.96. The van der Waals surface area contributed by atoms with E-state index in [1.54, 1.807) is 28.0 Å². The van der Waals surface area contributed by atoms with Gasteiger partial charge in [-0.15, -0.1) is 0 Å². The van der Waals surface area contributed by atoms with Crippen LogP contribution < -0.4 is 4.90 Å². The summed E-state index contributed by atoms with van der Waals surface area (Å²) < 4.78 is 0. The van der Waals surface area contributed by atoms with Crippen molar-refractivity contribution < 1.29 is 9.59 Å². The van der Waals surface area contributed by atoms with E-state index < -0.39 is 5.92 Å². The molecule has 2 amide bonds. The van der Waals surface area contributed by atoms with Crippen LogP contribution >= 0.6 is 23.2 Å². The third-order valence-electron chi connectivity index (χ3n) is 4.71. The summed E-state index contributed by atoms with van der Waals surface area (Å²) in [7, 11) is 0. The van der Waals surface area contributed by atoms with Crippen LogP contribution in [0.4, 0.5) is 5.69 Å². The van der Waals surface area contributed by atoms with Crippen LogP contribution in [0.5, 0.6) is 0 Å². The lowest BCUT2D eigenvalue weighted by molar-refractivity contribution is -0.140. The Kier molecular flexibility index (Phi) is 4.98. The molecular weight excluding hydrogens is 349 g/mol. The fraction of sp³-hybridized carbons (Fsp3) is 0.471. The number of halogens is 2. The molecule has 7 heteroatoms. The third-order valence-corrected chi connectivity index (χ3v) is 5.45. The monoisotopic (exact) mass is 365 g/mol. The molecule has 2 saturated heterocycles. The zero-order chi connectivity index (χ0) is 17.3. The second-order valence-electron chi connectivity index (χ2n) is 6.16. The van der Waals surface area contributed by atoms with Crippen molar-refractivity contribution in [3.8, 4) is 6.07 Å². The maximum Gasteiger partial charge on any atom is 0.239 e. The molecule has 5 nitrogen and oxygen atoms in total. The number of nitriles is 1. The fourth-order valence-corrected chi connectivity index (χ4v) is 3.56. The number of hydrogen-bond acceptors (Lipinski definition) is 3. The molecule has 2 heterocycles. The van der Waals surface area contributed by atoms with E-state index in [9.17, 15) is 9.59 Å². The van der Waals surface area contributed by atoms with E-state index in [4.69, 9.17) is 28.5 Å². The Morgan fingerprint density at radius 2 is 1.83 bits per heavy atom. The molecule has 3 rings (SSSR count). The molecule has 0 bridgehead atoms. The van der Waals surface area contributed by atoms with E-state index in [1.165, 1.54) is 0 Å². The number of carbonyl (C=O) groups excluding carboxylic acids is 2. The van der Waals surface area contributed by atoms with E-state index >= 15 is 0 Å². The van der Waals surface area contributed by atoms with Gasteiger partial charge in [0, 0.05) is 31.2 Å². The predicted octanol–water partition coefficient (Wildman–Crippen LogP) is 3.11. The predicted molar refractivity (Wildman–Crippen MR) is 91.8 cm³/mol. The number of anilines is 1. The zero-order valence-electron chi connectivity index (χ0n) is 13.0. The van der Waals surface area contributed by atoms with E-state index in [0.29, 0.717) is 54.6 Å². The minimum absolute atomic E-state index is 0.0148. The van der Waals surface area contributed by atoms with Gasteiger partial charge >= 0.3 is 0 Å². The van der Waals surface area contributed by atoms with Crippen LogP contribution in [0.3, 0.4) is 0 Å². The molecule has 1 unspecified atom stereocenters. The Hall–Kier alpha value is -1.77. The summed E-state index contributed by atoms with van der Waals surface area (Å²) in [5.74, 6) is -0.945. The summed E-state index contributed by atoms with van der Waals surface area (Å²) >= 11 is 11.9. The zero-order valence-corrected chi connectivity index (χ0v) is 14.6. The smallest absolute Gasteiger partial charge is 0.239 e. The van der Waals surface area contributed by atoms with E-state index in [2.05, 4.69) is 6.07 Å². The number of benzene rings is 1. The number of likely N-dealkylation sites (tertiary alicyclic amines) is 1. The van der Waals surface area contributed by atoms with Gasteiger partial charge in [-0.2, -0.15) is 5.26 Å². The molecule has 0 saturated carbocycles. The Morgan fingerprint density at radius 3 is 2.46 bits per heavy atom. The van der Waals surface area contributed by atoms with Crippen LogP contribution in [0.2, 0.25) is 10.0 Å². The van der Waals surface area contributed by atoms with Gasteiger partial charge in [0.15, 0.2) is 0 Å². The van der Waals surface area contributed by atoms with E-state index in [0.717, 1.165) is 0 Å². The van der Waals surface area contributed by atoms with Crippen LogP contribution in [0.25, 0.3) is 0 Å². The van der Waals surface area contributed by atoms with Crippen molar-refractivity contribution in [1.29, 1.82) is 5.26 Å². The largest absolute Gasteiger partial charge is 0.342 e. The molecule has 0 radical (unpaired) electrons. The minimum atomic E-state index is -0.641. The maximum atomic E-state index is 12.7. The fourth-order valence-electron chi connectivity index (χ4n) is 3.27. The van der Waals surface area contributed by atoms with Gasteiger partial charge in [-0.1, -0.05) is 23.2 Å². The normalized spacial score (nSPS) is 21.9. The van der Waals surface area contributed by atoms with Crippen molar-refractivity contribution in [2.75, 3.05) is 24.5 Å². The molecule has 126 valence electrons. The topological polar surface area (TPSA) is 64.4 Å². The summed E-state index contributed by atoms with van der Waals surface area (Å²) in [6.07, 6.45) is 1.86. The van der Waals surface area contributed by atoms with Crippen LogP contribution in [-0.4, -0.2) is 36.3 Å². The molecule has 1 atom stereocenters. The molecule has 2 aliphatic rings. The summed E-state index contributed by atoms with van der Waals surface area (Å²) in [6, 6.07) is 7.27. The van der Waals surface area contributed by atoms with Crippen LogP contribution in [0.1, 0.15) is 19.3 Å². The molecule has 0 N–H and O–H groups in total. The lowest BCUT2D eigenvalue weighted by Gasteiger charge is -2.30. The third kappa shape index (κ3) is 3.22. The molecule has 2 fully saturated rings. The molecule has 0 aliphatic carbocycles. The van der Waals surface area contributed by atoms with Gasteiger partial charge in [0.25, 0.3) is 0 Å². The van der Waals surface area contributed by atoms with Gasteiger partial charge in [-0.05, 0) is 37.5 Å². The first-order valence-corrected chi connectivity index (χ1v) is 8.71. The first-order chi connectivity index (χ1) is 11.5. The van der Waals surface area contributed by atoms with Crippen LogP contribution in [0.15, 0.2) is 18.2 Å². The van der Waals surface area contributed by atoms with Gasteiger partial charge in [0.2, 0.25) is 11.8 Å². The van der Waals surface area contributed by atoms with Gasteiger partial charge in [-0.3, -0.25) is 9.59 Å². The van der Waals surface area contributed by atoms with Gasteiger partial charge in [0.05, 0.1) is 16.1 Å². The summed E-state index contributed by atoms with van der Waals surface area (Å²) in [5, 5.41) is 9.75. The Labute approximate surface area is 150 Å². The highest BCUT2D eigenvalue weighted by Gasteiger charge is 2.40. The van der Waals surface area contributed by atoms with Crippen molar-refractivity contribution in [3.63, 3.8) is 0 Å². The quantitative estimate of drug-likeness (QED) is 0.756. The SMILES string of the molecule is N#CC1CCN(C(=O)C2CCN(c3ccc(Cl)c(Cl)c3)C2=O)CC1. The van der Waals surface area contributed by atoms with Crippen LogP contribution in [0, 0.1) is 23.2 Å². The molecule has 1 aromatic rings. The summed E-state index contributed by atoms with van der Waals surface area (Å²) in [4.78, 5) is 28.6. The second kappa shape index (κ2) is 7.00. The van der Waals surface area contributed by atoms with Crippen molar-refractivity contribution >= 4 is 40.7 Å². The number of hydrogen-bond donors (Lipinski definition) is 0. The molecule has 0 aromatic heterocycles. The standard InChI is InChI=1S/C17H17Cl2N3O2/c18-14-2-1-12(9-15(14)19)22-8-5-13(17(22)24)16(23)21-6-3-11(10-20)4-7-21/h1-2,9,11,13H,3-8H2. The highest BCUT2D eigenvalue weighted by atomic mass is 35.5. The highest BCUT2D eigenvalue weighted by molar-refractivity contribution is 6.42. The number of amides is 2. The Balaban J connectivity index is 1.68. The second-order valence-corrected chi connectivity index (χ2v) is 6.97. The average Bonchev–Trinajstić information content (AvgIpc) is 2.98. The van der Waals surface area contributed by atoms with Crippen molar-refractivity contribution in [2.45, 2.75) is 19.3 Å². The van der Waals surface area contributed by atoms with Crippen molar-refractivity contribution in [3.05, 3.63) is 28.2 Å². The van der Waals surface area contributed by atoms with Gasteiger partial charge in [0.1, 0.15) is 5.92 Å². The number of rotatable bonds is 2. The summed E-state index contributed by atoms with van der Waals surface area (Å²) in [6.45, 7) is 1.59. The maximum absolute atomic E-state index is 12.7. The molecule has 1 aromatic carbocycles. The van der Waals surface area contributed by atoms with Gasteiger partial charge < -0.3 is 9.80 Å². The van der Waals surface area contributed by atoms with E-state index in [-0.39, 0.29) is 17.7 Å². The molecule has 0 spiro atoms. The molecule has 24 heavy (non-hydrogen) atoms. The lowest BCUT2D eigenvalue weighted by Crippen LogP contribution is -2.44. The number of carbonyl (C=O) groups is 2. The highest BCUT2D eigenvalue weighted by Crippen LogP contribution is 2.32. The first kappa shape index (κ1) is 17.1. The van der Waals surface area contributed by atoms with E-state index in [1.807, 2.05) is 0 Å². The summed E-state index contributed by atoms with van der Waals surface area (Å²) in [5.41, 5.74) is 0.660. The van der Waals surface area contributed by atoms with Gasteiger partial charge in [-0.25, -0.2) is 0 Å². The minimum Gasteiger partial charge on any atom is -0.342 e. The average molecular weight is 366 g/mol. The number of nitrogens with zero attached hydrogens (tertiary/aromatic N) is 3. The molecular formula is C17H17Cl2N3O2. The lowest BCUT2D eigenvalue weighted by atomic mass is 9.97.